The number of nitrogens with one attached hydrogen (secondary N) is 1. The lowest BCUT2D eigenvalue weighted by Crippen LogP contribution is -2.10. The molecule has 0 spiro atoms. The fraction of sp³-hybridized carbons (Fsp3) is 0.333. The van der Waals surface area contributed by atoms with Crippen molar-refractivity contribution < 1.29 is 14.6 Å². The molecule has 0 amide bonds. The highest BCUT2D eigenvalue weighted by Crippen LogP contribution is 2.25. The number of benzene rings is 1. The Morgan fingerprint density at radius 2 is 2.00 bits per heavy atom. The summed E-state index contributed by atoms with van der Waals surface area (Å²) < 4.78 is 12.7. The van der Waals surface area contributed by atoms with Crippen molar-refractivity contribution >= 4 is 0 Å². The lowest BCUT2D eigenvalue weighted by Gasteiger charge is -2.05. The molecule has 0 aliphatic heterocycles. The predicted octanol–water partition coefficient (Wildman–Crippen LogP) is 0.999. The van der Waals surface area contributed by atoms with E-state index in [4.69, 9.17) is 5.11 Å². The van der Waals surface area contributed by atoms with Gasteiger partial charge in [-0.25, -0.2) is 4.39 Å². The van der Waals surface area contributed by atoms with Crippen molar-refractivity contribution in [2.45, 2.75) is 6.42 Å². The van der Waals surface area contributed by atoms with Crippen LogP contribution in [-0.4, -0.2) is 23.8 Å². The van der Waals surface area contributed by atoms with Crippen LogP contribution in [0, 0.1) is 5.82 Å². The maximum atomic E-state index is 12.7. The van der Waals surface area contributed by atoms with Gasteiger partial charge in [0, 0.05) is 6.07 Å². The van der Waals surface area contributed by atoms with E-state index in [1.165, 1.54) is 6.07 Å². The number of aromatic hydroxyl groups is 2. The van der Waals surface area contributed by atoms with Crippen LogP contribution in [0.5, 0.6) is 11.5 Å². The molecule has 3 nitrogen and oxygen atoms in total. The van der Waals surface area contributed by atoms with Crippen LogP contribution >= 0.6 is 0 Å². The van der Waals surface area contributed by atoms with E-state index in [-0.39, 0.29) is 5.75 Å². The zero-order valence-corrected chi connectivity index (χ0v) is 7.34. The molecule has 1 aromatic rings. The van der Waals surface area contributed by atoms with Crippen LogP contribution < -0.4 is 5.32 Å². The van der Waals surface area contributed by atoms with E-state index >= 15 is 0 Å². The quantitative estimate of drug-likeness (QED) is 0.616. The highest BCUT2D eigenvalue weighted by atomic mass is 19.1. The maximum Gasteiger partial charge on any atom is 0.168 e. The van der Waals surface area contributed by atoms with Gasteiger partial charge >= 0.3 is 0 Å². The van der Waals surface area contributed by atoms with Crippen molar-refractivity contribution in [1.82, 2.24) is 5.32 Å². The number of rotatable bonds is 3. The van der Waals surface area contributed by atoms with Gasteiger partial charge in [-0.05, 0) is 31.6 Å². The minimum Gasteiger partial charge on any atom is -0.508 e. The standard InChI is InChI=1S/C9H12FNO2/c1-11-3-2-6-4-9(13)7(10)5-8(6)12/h4-5,11-13H,2-3H2,1H3. The Hall–Kier alpha value is -1.29. The molecule has 13 heavy (non-hydrogen) atoms. The van der Waals surface area contributed by atoms with Gasteiger partial charge in [-0.3, -0.25) is 0 Å². The summed E-state index contributed by atoms with van der Waals surface area (Å²) in [4.78, 5) is 0. The minimum atomic E-state index is -0.800. The summed E-state index contributed by atoms with van der Waals surface area (Å²) in [6, 6.07) is 2.16. The normalized spacial score (nSPS) is 10.3. The largest absolute Gasteiger partial charge is 0.508 e. The number of phenolic OH excluding ortho intramolecular Hbond substituents is 2. The van der Waals surface area contributed by atoms with E-state index in [0.29, 0.717) is 18.5 Å². The fourth-order valence-electron chi connectivity index (χ4n) is 1.05. The summed E-state index contributed by atoms with van der Waals surface area (Å²) in [5.41, 5.74) is 0.535. The van der Waals surface area contributed by atoms with E-state index in [2.05, 4.69) is 5.32 Å². The Labute approximate surface area is 75.8 Å². The third-order valence-electron chi connectivity index (χ3n) is 1.79. The van der Waals surface area contributed by atoms with Crippen LogP contribution in [0.1, 0.15) is 5.56 Å². The molecular formula is C9H12FNO2. The molecule has 0 saturated carbocycles. The van der Waals surface area contributed by atoms with Crippen LogP contribution in [-0.2, 0) is 6.42 Å². The van der Waals surface area contributed by atoms with Gasteiger partial charge in [-0.1, -0.05) is 0 Å². The summed E-state index contributed by atoms with van der Waals surface area (Å²) in [5.74, 6) is -1.35. The molecule has 72 valence electrons. The highest BCUT2D eigenvalue weighted by Gasteiger charge is 2.07. The summed E-state index contributed by atoms with van der Waals surface area (Å²) in [7, 11) is 1.78. The lowest BCUT2D eigenvalue weighted by molar-refractivity contribution is 0.417. The van der Waals surface area contributed by atoms with E-state index in [0.717, 1.165) is 6.07 Å². The van der Waals surface area contributed by atoms with Gasteiger partial charge in [0.2, 0.25) is 0 Å². The summed E-state index contributed by atoms with van der Waals surface area (Å²) >= 11 is 0. The van der Waals surface area contributed by atoms with Gasteiger partial charge in [0.25, 0.3) is 0 Å². The van der Waals surface area contributed by atoms with Crippen molar-refractivity contribution in [2.75, 3.05) is 13.6 Å². The molecule has 0 unspecified atom stereocenters. The van der Waals surface area contributed by atoms with E-state index < -0.39 is 11.6 Å². The SMILES string of the molecule is CNCCc1cc(O)c(F)cc1O. The van der Waals surface area contributed by atoms with Gasteiger partial charge in [-0.2, -0.15) is 0 Å². The first-order chi connectivity index (χ1) is 6.15. The van der Waals surface area contributed by atoms with Crippen LogP contribution in [0.3, 0.4) is 0 Å². The number of hydrogen-bond acceptors (Lipinski definition) is 3. The maximum absolute atomic E-state index is 12.7. The molecule has 0 aliphatic rings. The molecule has 0 heterocycles. The molecule has 0 bridgehead atoms. The Balaban J connectivity index is 2.88. The van der Waals surface area contributed by atoms with E-state index in [1.807, 2.05) is 0 Å². The van der Waals surface area contributed by atoms with Gasteiger partial charge in [0.15, 0.2) is 11.6 Å². The molecule has 0 fully saturated rings. The molecule has 0 radical (unpaired) electrons. The van der Waals surface area contributed by atoms with Crippen LogP contribution in [0.2, 0.25) is 0 Å². The number of halogens is 1. The second kappa shape index (κ2) is 4.09. The Kier molecular flexibility index (Phi) is 3.08. The third kappa shape index (κ3) is 2.32. The summed E-state index contributed by atoms with van der Waals surface area (Å²) in [6.45, 7) is 0.665. The molecule has 1 aromatic carbocycles. The molecular weight excluding hydrogens is 173 g/mol. The van der Waals surface area contributed by atoms with Crippen molar-refractivity contribution in [1.29, 1.82) is 0 Å². The fourth-order valence-corrected chi connectivity index (χ4v) is 1.05. The zero-order valence-electron chi connectivity index (χ0n) is 7.34. The van der Waals surface area contributed by atoms with E-state index in [1.54, 1.807) is 7.05 Å². The van der Waals surface area contributed by atoms with Gasteiger partial charge in [0.1, 0.15) is 5.75 Å². The molecule has 0 aliphatic carbocycles. The average Bonchev–Trinajstić information content (AvgIpc) is 2.09. The molecule has 0 atom stereocenters. The predicted molar refractivity (Wildman–Crippen MR) is 47.4 cm³/mol. The van der Waals surface area contributed by atoms with Crippen molar-refractivity contribution in [3.05, 3.63) is 23.5 Å². The Morgan fingerprint density at radius 3 is 2.62 bits per heavy atom. The zero-order chi connectivity index (χ0) is 9.84. The molecule has 0 saturated heterocycles. The van der Waals surface area contributed by atoms with Crippen LogP contribution in [0.25, 0.3) is 0 Å². The highest BCUT2D eigenvalue weighted by molar-refractivity contribution is 5.39. The van der Waals surface area contributed by atoms with Gasteiger partial charge < -0.3 is 15.5 Å². The Bertz CT molecular complexity index is 302. The first-order valence-electron chi connectivity index (χ1n) is 4.00. The van der Waals surface area contributed by atoms with Crippen LogP contribution in [0.4, 0.5) is 4.39 Å². The third-order valence-corrected chi connectivity index (χ3v) is 1.79. The Morgan fingerprint density at radius 1 is 1.31 bits per heavy atom. The summed E-state index contributed by atoms with van der Waals surface area (Å²) in [5, 5.41) is 21.2. The van der Waals surface area contributed by atoms with Crippen molar-refractivity contribution in [3.8, 4) is 11.5 Å². The second-order valence-corrected chi connectivity index (χ2v) is 2.79. The average molecular weight is 185 g/mol. The molecule has 1 rings (SSSR count). The topological polar surface area (TPSA) is 52.5 Å². The van der Waals surface area contributed by atoms with Gasteiger partial charge in [-0.15, -0.1) is 0 Å². The smallest absolute Gasteiger partial charge is 0.168 e. The van der Waals surface area contributed by atoms with E-state index in [9.17, 15) is 9.50 Å². The first-order valence-corrected chi connectivity index (χ1v) is 4.00. The van der Waals surface area contributed by atoms with Crippen molar-refractivity contribution in [2.24, 2.45) is 0 Å². The lowest BCUT2D eigenvalue weighted by atomic mass is 10.1. The van der Waals surface area contributed by atoms with Crippen LogP contribution in [0.15, 0.2) is 12.1 Å². The number of hydrogen-bond donors (Lipinski definition) is 3. The van der Waals surface area contributed by atoms with Crippen molar-refractivity contribution in [3.63, 3.8) is 0 Å². The summed E-state index contributed by atoms with van der Waals surface area (Å²) in [6.07, 6.45) is 0.552. The second-order valence-electron chi connectivity index (χ2n) is 2.79. The molecule has 4 heteroatoms. The minimum absolute atomic E-state index is 0.120. The monoisotopic (exact) mass is 185 g/mol. The first kappa shape index (κ1) is 9.80. The number of phenols is 2. The van der Waals surface area contributed by atoms with Gasteiger partial charge in [0.05, 0.1) is 0 Å². The molecule has 3 N–H and O–H groups in total. The number of likely N-dealkylation sites (N-methyl/N-ethyl adjacent to an activating group) is 1. The molecule has 0 aromatic heterocycles.